The van der Waals surface area contributed by atoms with Gasteiger partial charge in [0.25, 0.3) is 0 Å². The molecule has 0 spiro atoms. The van der Waals surface area contributed by atoms with E-state index in [2.05, 4.69) is 13.8 Å². The zero-order valence-electron chi connectivity index (χ0n) is 13.6. The van der Waals surface area contributed by atoms with Crippen molar-refractivity contribution >= 4 is 5.97 Å². The first-order valence-electron chi connectivity index (χ1n) is 8.88. The minimum Gasteiger partial charge on any atom is -0.481 e. The van der Waals surface area contributed by atoms with Crippen LogP contribution >= 0.6 is 0 Å². The Balaban J connectivity index is 2.25. The second-order valence-corrected chi connectivity index (χ2v) is 6.81. The van der Waals surface area contributed by atoms with Crippen molar-refractivity contribution < 1.29 is 9.90 Å². The average Bonchev–Trinajstić information content (AvgIpc) is 2.46. The quantitative estimate of drug-likeness (QED) is 0.514. The highest BCUT2D eigenvalue weighted by Gasteiger charge is 2.40. The van der Waals surface area contributed by atoms with Crippen molar-refractivity contribution in [3.05, 3.63) is 0 Å². The molecule has 0 saturated heterocycles. The molecule has 1 saturated carbocycles. The van der Waals surface area contributed by atoms with E-state index >= 15 is 0 Å². The Morgan fingerprint density at radius 2 is 1.55 bits per heavy atom. The smallest absolute Gasteiger partial charge is 0.309 e. The molecule has 0 atom stereocenters. The van der Waals surface area contributed by atoms with Crippen LogP contribution in [0.2, 0.25) is 0 Å². The molecule has 0 aromatic carbocycles. The van der Waals surface area contributed by atoms with Gasteiger partial charge in [0, 0.05) is 0 Å². The zero-order valence-corrected chi connectivity index (χ0v) is 13.6. The standard InChI is InChI=1S/C18H34O2/c1-3-5-6-7-8-9-10-13-18(17(19)20)14-11-16(4-2)12-15-18/h16H,3-15H2,1-2H3,(H,19,20). The minimum absolute atomic E-state index is 0.380. The van der Waals surface area contributed by atoms with Crippen molar-refractivity contribution in [3.63, 3.8) is 0 Å². The number of rotatable bonds is 10. The lowest BCUT2D eigenvalue weighted by Crippen LogP contribution is -2.35. The van der Waals surface area contributed by atoms with Gasteiger partial charge in [-0.05, 0) is 38.0 Å². The van der Waals surface area contributed by atoms with Gasteiger partial charge >= 0.3 is 5.97 Å². The van der Waals surface area contributed by atoms with Crippen molar-refractivity contribution in [2.45, 2.75) is 97.3 Å². The molecule has 0 bridgehead atoms. The molecular weight excluding hydrogens is 248 g/mol. The molecule has 1 aliphatic carbocycles. The first kappa shape index (κ1) is 17.5. The van der Waals surface area contributed by atoms with Gasteiger partial charge in [-0.25, -0.2) is 0 Å². The summed E-state index contributed by atoms with van der Waals surface area (Å²) in [5.41, 5.74) is -0.380. The number of carbonyl (C=O) groups is 1. The molecule has 1 rings (SSSR count). The minimum atomic E-state index is -0.530. The summed E-state index contributed by atoms with van der Waals surface area (Å²) in [6, 6.07) is 0. The Morgan fingerprint density at radius 3 is 2.05 bits per heavy atom. The summed E-state index contributed by atoms with van der Waals surface area (Å²) in [5, 5.41) is 9.62. The average molecular weight is 282 g/mol. The molecule has 2 heteroatoms. The van der Waals surface area contributed by atoms with Gasteiger partial charge in [0.2, 0.25) is 0 Å². The zero-order chi connectivity index (χ0) is 14.8. The first-order valence-corrected chi connectivity index (χ1v) is 8.88. The molecule has 0 heterocycles. The van der Waals surface area contributed by atoms with Gasteiger partial charge in [0.05, 0.1) is 5.41 Å². The molecule has 0 radical (unpaired) electrons. The van der Waals surface area contributed by atoms with Gasteiger partial charge in [-0.2, -0.15) is 0 Å². The van der Waals surface area contributed by atoms with Crippen LogP contribution in [0.5, 0.6) is 0 Å². The Bertz CT molecular complexity index is 265. The van der Waals surface area contributed by atoms with Gasteiger partial charge in [-0.1, -0.05) is 65.2 Å². The number of hydrogen-bond acceptors (Lipinski definition) is 1. The van der Waals surface area contributed by atoms with Gasteiger partial charge in [-0.15, -0.1) is 0 Å². The van der Waals surface area contributed by atoms with E-state index in [-0.39, 0.29) is 5.41 Å². The molecule has 2 nitrogen and oxygen atoms in total. The molecule has 118 valence electrons. The van der Waals surface area contributed by atoms with Gasteiger partial charge < -0.3 is 5.11 Å². The van der Waals surface area contributed by atoms with Crippen LogP contribution in [-0.2, 0) is 4.79 Å². The van der Waals surface area contributed by atoms with Gasteiger partial charge in [0.1, 0.15) is 0 Å². The molecule has 1 fully saturated rings. The molecule has 1 N–H and O–H groups in total. The van der Waals surface area contributed by atoms with E-state index in [1.807, 2.05) is 0 Å². The summed E-state index contributed by atoms with van der Waals surface area (Å²) in [4.78, 5) is 11.7. The topological polar surface area (TPSA) is 37.3 Å². The Kier molecular flexibility index (Phi) is 8.25. The SMILES string of the molecule is CCCCCCCCCC1(C(=O)O)CCC(CC)CC1. The van der Waals surface area contributed by atoms with Gasteiger partial charge in [-0.3, -0.25) is 4.79 Å². The lowest BCUT2D eigenvalue weighted by atomic mass is 9.67. The van der Waals surface area contributed by atoms with Crippen LogP contribution in [0.4, 0.5) is 0 Å². The summed E-state index contributed by atoms with van der Waals surface area (Å²) >= 11 is 0. The van der Waals surface area contributed by atoms with E-state index in [0.717, 1.165) is 44.4 Å². The summed E-state index contributed by atoms with van der Waals surface area (Å²) in [6.07, 6.45) is 15.1. The molecule has 20 heavy (non-hydrogen) atoms. The molecular formula is C18H34O2. The third-order valence-corrected chi connectivity index (χ3v) is 5.35. The van der Waals surface area contributed by atoms with E-state index in [0.29, 0.717) is 0 Å². The van der Waals surface area contributed by atoms with E-state index in [1.165, 1.54) is 44.9 Å². The molecule has 0 aromatic heterocycles. The molecule has 0 aliphatic heterocycles. The maximum Gasteiger partial charge on any atom is 0.309 e. The summed E-state index contributed by atoms with van der Waals surface area (Å²) in [7, 11) is 0. The fourth-order valence-electron chi connectivity index (χ4n) is 3.63. The second kappa shape index (κ2) is 9.41. The fourth-order valence-corrected chi connectivity index (χ4v) is 3.63. The van der Waals surface area contributed by atoms with Crippen molar-refractivity contribution in [1.29, 1.82) is 0 Å². The predicted molar refractivity (Wildman–Crippen MR) is 84.9 cm³/mol. The molecule has 0 unspecified atom stereocenters. The number of aliphatic carboxylic acids is 1. The van der Waals surface area contributed by atoms with Crippen LogP contribution in [-0.4, -0.2) is 11.1 Å². The van der Waals surface area contributed by atoms with Crippen LogP contribution in [0.3, 0.4) is 0 Å². The number of carboxylic acids is 1. The van der Waals surface area contributed by atoms with Crippen LogP contribution in [0.15, 0.2) is 0 Å². The monoisotopic (exact) mass is 282 g/mol. The molecule has 0 amide bonds. The third kappa shape index (κ3) is 5.46. The largest absolute Gasteiger partial charge is 0.481 e. The third-order valence-electron chi connectivity index (χ3n) is 5.35. The number of unbranched alkanes of at least 4 members (excludes halogenated alkanes) is 6. The Labute approximate surface area is 125 Å². The second-order valence-electron chi connectivity index (χ2n) is 6.81. The lowest BCUT2D eigenvalue weighted by Gasteiger charge is -2.36. The van der Waals surface area contributed by atoms with Crippen molar-refractivity contribution in [2.75, 3.05) is 0 Å². The fraction of sp³-hybridized carbons (Fsp3) is 0.944. The van der Waals surface area contributed by atoms with E-state index in [4.69, 9.17) is 0 Å². The van der Waals surface area contributed by atoms with E-state index in [9.17, 15) is 9.90 Å². The predicted octanol–water partition coefficient (Wildman–Crippen LogP) is 5.80. The number of hydrogen-bond donors (Lipinski definition) is 1. The highest BCUT2D eigenvalue weighted by Crippen LogP contribution is 2.43. The summed E-state index contributed by atoms with van der Waals surface area (Å²) < 4.78 is 0. The van der Waals surface area contributed by atoms with E-state index < -0.39 is 5.97 Å². The normalized spacial score (nSPS) is 26.6. The van der Waals surface area contributed by atoms with Crippen molar-refractivity contribution in [1.82, 2.24) is 0 Å². The van der Waals surface area contributed by atoms with Crippen LogP contribution in [0.1, 0.15) is 97.3 Å². The van der Waals surface area contributed by atoms with E-state index in [1.54, 1.807) is 0 Å². The maximum absolute atomic E-state index is 11.7. The Hall–Kier alpha value is -0.530. The highest BCUT2D eigenvalue weighted by molar-refractivity contribution is 5.74. The van der Waals surface area contributed by atoms with Crippen molar-refractivity contribution in [3.8, 4) is 0 Å². The molecule has 0 aromatic rings. The number of carboxylic acid groups (broad SMARTS) is 1. The lowest BCUT2D eigenvalue weighted by molar-refractivity contribution is -0.152. The van der Waals surface area contributed by atoms with Gasteiger partial charge in [0.15, 0.2) is 0 Å². The van der Waals surface area contributed by atoms with Crippen LogP contribution in [0.25, 0.3) is 0 Å². The van der Waals surface area contributed by atoms with Crippen LogP contribution in [0, 0.1) is 11.3 Å². The first-order chi connectivity index (χ1) is 9.64. The van der Waals surface area contributed by atoms with Crippen molar-refractivity contribution in [2.24, 2.45) is 11.3 Å². The summed E-state index contributed by atoms with van der Waals surface area (Å²) in [5.74, 6) is 0.245. The Morgan fingerprint density at radius 1 is 1.00 bits per heavy atom. The van der Waals surface area contributed by atoms with Crippen LogP contribution < -0.4 is 0 Å². The maximum atomic E-state index is 11.7. The summed E-state index contributed by atoms with van der Waals surface area (Å²) in [6.45, 7) is 4.47. The highest BCUT2D eigenvalue weighted by atomic mass is 16.4. The molecule has 1 aliphatic rings.